The topological polar surface area (TPSA) is 25.0 Å². The molecule has 10 heavy (non-hydrogen) atoms. The molecular formula is C7H8BrNO. The Kier molecular flexibility index (Phi) is 1.54. The summed E-state index contributed by atoms with van der Waals surface area (Å²) in [7, 11) is 0. The zero-order chi connectivity index (χ0) is 6.97. The van der Waals surface area contributed by atoms with Crippen molar-refractivity contribution in [1.82, 2.24) is 4.98 Å². The molecule has 0 saturated carbocycles. The Morgan fingerprint density at radius 2 is 2.50 bits per heavy atom. The third kappa shape index (κ3) is 0.995. The molecule has 0 aromatic carbocycles. The minimum atomic E-state index is 0.737. The highest BCUT2D eigenvalue weighted by molar-refractivity contribution is 9.10. The van der Waals surface area contributed by atoms with Gasteiger partial charge in [0.25, 0.3) is 0 Å². The Morgan fingerprint density at radius 1 is 1.60 bits per heavy atom. The summed E-state index contributed by atoms with van der Waals surface area (Å²) in [5.41, 5.74) is 2.61. The molecule has 1 N–H and O–H groups in total. The smallest absolute Gasteiger partial charge is 0.0868 e. The van der Waals surface area contributed by atoms with Crippen molar-refractivity contribution in [2.45, 2.75) is 13.0 Å². The van der Waals surface area contributed by atoms with Crippen LogP contribution in [0, 0.1) is 0 Å². The lowest BCUT2D eigenvalue weighted by Crippen LogP contribution is -2.07. The molecule has 1 aliphatic rings. The second kappa shape index (κ2) is 2.40. The van der Waals surface area contributed by atoms with Crippen LogP contribution in [0.1, 0.15) is 11.3 Å². The Balaban J connectivity index is 2.41. The van der Waals surface area contributed by atoms with E-state index in [0.29, 0.717) is 0 Å². The number of hydrogen-bond donors (Lipinski definition) is 1. The third-order valence-electron chi connectivity index (χ3n) is 1.72. The van der Waals surface area contributed by atoms with Gasteiger partial charge in [-0.25, -0.2) is 0 Å². The van der Waals surface area contributed by atoms with Gasteiger partial charge >= 0.3 is 0 Å². The first-order chi connectivity index (χ1) is 4.86. The quantitative estimate of drug-likeness (QED) is 0.682. The van der Waals surface area contributed by atoms with Crippen molar-refractivity contribution >= 4 is 15.9 Å². The molecular weight excluding hydrogens is 194 g/mol. The lowest BCUT2D eigenvalue weighted by Gasteiger charge is -2.10. The SMILES string of the molecule is Brc1cc2c([nH]1)COCC2. The van der Waals surface area contributed by atoms with Crippen LogP contribution in [-0.2, 0) is 17.8 Å². The summed E-state index contributed by atoms with van der Waals surface area (Å²) >= 11 is 3.38. The fraction of sp³-hybridized carbons (Fsp3) is 0.429. The predicted molar refractivity (Wildman–Crippen MR) is 41.9 cm³/mol. The summed E-state index contributed by atoms with van der Waals surface area (Å²) in [6.45, 7) is 1.60. The van der Waals surface area contributed by atoms with Gasteiger partial charge in [-0.2, -0.15) is 0 Å². The molecule has 2 nitrogen and oxygen atoms in total. The number of H-pyrrole nitrogens is 1. The van der Waals surface area contributed by atoms with E-state index in [0.717, 1.165) is 24.2 Å². The molecule has 0 saturated heterocycles. The fourth-order valence-corrected chi connectivity index (χ4v) is 1.72. The van der Waals surface area contributed by atoms with Gasteiger partial charge in [-0.05, 0) is 34.0 Å². The highest BCUT2D eigenvalue weighted by atomic mass is 79.9. The summed E-state index contributed by atoms with van der Waals surface area (Å²) in [5, 5.41) is 0. The zero-order valence-corrected chi connectivity index (χ0v) is 7.07. The highest BCUT2D eigenvalue weighted by Gasteiger charge is 2.10. The van der Waals surface area contributed by atoms with Crippen LogP contribution in [0.2, 0.25) is 0 Å². The molecule has 2 rings (SSSR count). The van der Waals surface area contributed by atoms with E-state index in [9.17, 15) is 0 Å². The van der Waals surface area contributed by atoms with Gasteiger partial charge in [-0.3, -0.25) is 0 Å². The van der Waals surface area contributed by atoms with Crippen LogP contribution < -0.4 is 0 Å². The molecule has 0 radical (unpaired) electrons. The van der Waals surface area contributed by atoms with Crippen LogP contribution >= 0.6 is 15.9 Å². The van der Waals surface area contributed by atoms with Crippen LogP contribution in [0.15, 0.2) is 10.7 Å². The Labute approximate surface area is 67.7 Å². The molecule has 0 atom stereocenters. The van der Waals surface area contributed by atoms with Crippen molar-refractivity contribution < 1.29 is 4.74 Å². The number of ether oxygens (including phenoxy) is 1. The first kappa shape index (κ1) is 6.43. The number of halogens is 1. The maximum atomic E-state index is 5.26. The highest BCUT2D eigenvalue weighted by Crippen LogP contribution is 2.20. The maximum absolute atomic E-state index is 5.26. The Bertz CT molecular complexity index is 220. The fourth-order valence-electron chi connectivity index (χ4n) is 1.21. The van der Waals surface area contributed by atoms with Crippen LogP contribution in [0.3, 0.4) is 0 Å². The summed E-state index contributed by atoms with van der Waals surface area (Å²) in [4.78, 5) is 3.19. The normalized spacial score (nSPS) is 16.9. The largest absolute Gasteiger partial charge is 0.375 e. The molecule has 0 bridgehead atoms. The number of hydrogen-bond acceptors (Lipinski definition) is 1. The lowest BCUT2D eigenvalue weighted by atomic mass is 10.1. The molecule has 2 heterocycles. The van der Waals surface area contributed by atoms with E-state index in [1.165, 1.54) is 11.3 Å². The van der Waals surface area contributed by atoms with Gasteiger partial charge in [-0.1, -0.05) is 0 Å². The number of rotatable bonds is 0. The first-order valence-electron chi connectivity index (χ1n) is 3.30. The molecule has 1 aliphatic heterocycles. The van der Waals surface area contributed by atoms with E-state index in [-0.39, 0.29) is 0 Å². The van der Waals surface area contributed by atoms with Gasteiger partial charge in [-0.15, -0.1) is 0 Å². The number of aromatic amines is 1. The van der Waals surface area contributed by atoms with Gasteiger partial charge in [0, 0.05) is 5.69 Å². The zero-order valence-electron chi connectivity index (χ0n) is 5.48. The van der Waals surface area contributed by atoms with Crippen molar-refractivity contribution in [1.29, 1.82) is 0 Å². The Morgan fingerprint density at radius 3 is 3.30 bits per heavy atom. The average Bonchev–Trinajstić information content (AvgIpc) is 2.27. The van der Waals surface area contributed by atoms with E-state index in [2.05, 4.69) is 27.0 Å². The van der Waals surface area contributed by atoms with E-state index in [4.69, 9.17) is 4.74 Å². The molecule has 0 unspecified atom stereocenters. The molecule has 1 aromatic heterocycles. The molecule has 1 aromatic rings. The van der Waals surface area contributed by atoms with Crippen LogP contribution in [0.25, 0.3) is 0 Å². The molecule has 0 aliphatic carbocycles. The van der Waals surface area contributed by atoms with Crippen LogP contribution in [0.5, 0.6) is 0 Å². The third-order valence-corrected chi connectivity index (χ3v) is 2.15. The van der Waals surface area contributed by atoms with Gasteiger partial charge < -0.3 is 9.72 Å². The second-order valence-corrected chi connectivity index (χ2v) is 3.28. The summed E-state index contributed by atoms with van der Waals surface area (Å²) in [5.74, 6) is 0. The van der Waals surface area contributed by atoms with Gasteiger partial charge in [0.2, 0.25) is 0 Å². The van der Waals surface area contributed by atoms with Crippen LogP contribution in [-0.4, -0.2) is 11.6 Å². The average molecular weight is 202 g/mol. The lowest BCUT2D eigenvalue weighted by molar-refractivity contribution is 0.108. The van der Waals surface area contributed by atoms with Gasteiger partial charge in [0.15, 0.2) is 0 Å². The predicted octanol–water partition coefficient (Wildman–Crippen LogP) is 1.85. The van der Waals surface area contributed by atoms with Crippen LogP contribution in [0.4, 0.5) is 0 Å². The monoisotopic (exact) mass is 201 g/mol. The van der Waals surface area contributed by atoms with Gasteiger partial charge in [0.05, 0.1) is 17.8 Å². The summed E-state index contributed by atoms with van der Waals surface area (Å²) in [6.07, 6.45) is 1.04. The molecule has 0 spiro atoms. The van der Waals surface area contributed by atoms with Crippen molar-refractivity contribution in [2.75, 3.05) is 6.61 Å². The molecule has 54 valence electrons. The van der Waals surface area contributed by atoms with Crippen molar-refractivity contribution in [2.24, 2.45) is 0 Å². The number of fused-ring (bicyclic) bond motifs is 1. The van der Waals surface area contributed by atoms with Crippen molar-refractivity contribution in [3.05, 3.63) is 21.9 Å². The van der Waals surface area contributed by atoms with E-state index in [1.807, 2.05) is 0 Å². The van der Waals surface area contributed by atoms with E-state index >= 15 is 0 Å². The summed E-state index contributed by atoms with van der Waals surface area (Å²) < 4.78 is 6.32. The molecule has 3 heteroatoms. The summed E-state index contributed by atoms with van der Waals surface area (Å²) in [6, 6.07) is 2.12. The molecule has 0 fully saturated rings. The van der Waals surface area contributed by atoms with Crippen molar-refractivity contribution in [3.63, 3.8) is 0 Å². The first-order valence-corrected chi connectivity index (χ1v) is 4.09. The van der Waals surface area contributed by atoms with E-state index < -0.39 is 0 Å². The maximum Gasteiger partial charge on any atom is 0.0868 e. The minimum Gasteiger partial charge on any atom is -0.375 e. The molecule has 0 amide bonds. The number of nitrogens with one attached hydrogen (secondary N) is 1. The van der Waals surface area contributed by atoms with Crippen molar-refractivity contribution in [3.8, 4) is 0 Å². The Hall–Kier alpha value is -0.280. The standard InChI is InChI=1S/C7H8BrNO/c8-7-3-5-1-2-10-4-6(5)9-7/h3,9H,1-2,4H2. The second-order valence-electron chi connectivity index (χ2n) is 2.42. The van der Waals surface area contributed by atoms with Gasteiger partial charge in [0.1, 0.15) is 0 Å². The minimum absolute atomic E-state index is 0.737. The van der Waals surface area contributed by atoms with E-state index in [1.54, 1.807) is 0 Å². The number of aromatic nitrogens is 1.